The summed E-state index contributed by atoms with van der Waals surface area (Å²) in [6.07, 6.45) is 6.36. The van der Waals surface area contributed by atoms with Gasteiger partial charge in [-0.15, -0.1) is 0 Å². The lowest BCUT2D eigenvalue weighted by molar-refractivity contribution is -0.289. The number of hydrogen-bond donors (Lipinski definition) is 0. The van der Waals surface area contributed by atoms with Crippen LogP contribution in [-0.2, 0) is 9.53 Å². The van der Waals surface area contributed by atoms with Gasteiger partial charge in [0.25, 0.3) is 0 Å². The molecule has 0 aromatic rings. The molecule has 6 atom stereocenters. The quantitative estimate of drug-likeness (QED) is 0.711. The maximum Gasteiger partial charge on any atom is 0.308 e. The maximum atomic E-state index is 12.2. The molecule has 3 aliphatic carbocycles. The van der Waals surface area contributed by atoms with E-state index in [1.54, 1.807) is 0 Å². The maximum absolute atomic E-state index is 12.2. The van der Waals surface area contributed by atoms with Crippen LogP contribution in [0.3, 0.4) is 0 Å². The zero-order valence-corrected chi connectivity index (χ0v) is 13.7. The minimum atomic E-state index is -0.247. The second-order valence-corrected chi connectivity index (χ2v) is 8.35. The highest BCUT2D eigenvalue weighted by atomic mass is 16.6. The third-order valence-electron chi connectivity index (χ3n) is 6.83. The molecule has 20 heavy (non-hydrogen) atoms. The third-order valence-corrected chi connectivity index (χ3v) is 6.83. The molecule has 0 spiro atoms. The Labute approximate surface area is 123 Å². The minimum Gasteiger partial charge on any atom is -0.459 e. The van der Waals surface area contributed by atoms with Gasteiger partial charge >= 0.3 is 5.97 Å². The molecule has 0 aromatic heterocycles. The Hall–Kier alpha value is -0.530. The molecule has 3 rings (SSSR count). The van der Waals surface area contributed by atoms with E-state index in [4.69, 9.17) is 4.74 Å². The van der Waals surface area contributed by atoms with Crippen molar-refractivity contribution in [2.45, 2.75) is 72.3 Å². The lowest BCUT2D eigenvalue weighted by atomic mass is 9.32. The molecule has 0 saturated heterocycles. The lowest BCUT2D eigenvalue weighted by Gasteiger charge is -2.74. The van der Waals surface area contributed by atoms with Crippen molar-refractivity contribution in [3.05, 3.63) is 0 Å². The van der Waals surface area contributed by atoms with Gasteiger partial charge in [0.2, 0.25) is 0 Å². The Morgan fingerprint density at radius 1 is 1.30 bits per heavy atom. The normalized spacial score (nSPS) is 44.9. The van der Waals surface area contributed by atoms with Crippen molar-refractivity contribution < 1.29 is 9.53 Å². The summed E-state index contributed by atoms with van der Waals surface area (Å²) >= 11 is 0. The van der Waals surface area contributed by atoms with E-state index in [1.165, 1.54) is 25.7 Å². The Morgan fingerprint density at radius 2 is 2.00 bits per heavy atom. The van der Waals surface area contributed by atoms with Crippen LogP contribution in [-0.4, -0.2) is 11.6 Å². The molecule has 0 N–H and O–H groups in total. The summed E-state index contributed by atoms with van der Waals surface area (Å²) in [4.78, 5) is 12.2. The molecular formula is C18H30O2. The number of rotatable bonds is 4. The molecule has 3 fully saturated rings. The molecule has 3 saturated carbocycles. The summed E-state index contributed by atoms with van der Waals surface area (Å²) < 4.78 is 6.09. The summed E-state index contributed by atoms with van der Waals surface area (Å²) in [5.41, 5.74) is 0.0421. The topological polar surface area (TPSA) is 26.3 Å². The van der Waals surface area contributed by atoms with E-state index in [-0.39, 0.29) is 22.9 Å². The van der Waals surface area contributed by atoms with Crippen molar-refractivity contribution in [3.63, 3.8) is 0 Å². The first-order valence-corrected chi connectivity index (χ1v) is 8.56. The van der Waals surface area contributed by atoms with Crippen LogP contribution < -0.4 is 0 Å². The van der Waals surface area contributed by atoms with Crippen molar-refractivity contribution in [2.75, 3.05) is 0 Å². The van der Waals surface area contributed by atoms with E-state index in [0.29, 0.717) is 0 Å². The van der Waals surface area contributed by atoms with Gasteiger partial charge in [0.15, 0.2) is 0 Å². The standard InChI is InChI=1S/C18H30O2/c1-6-17(5,20-16(19)11(2)3)18-9-12(4)7-13-8-14(10-18)15(13)18/h11-15H,6-10H2,1-5H3. The Balaban J connectivity index is 1.86. The van der Waals surface area contributed by atoms with E-state index in [0.717, 1.165) is 30.1 Å². The molecule has 0 aliphatic heterocycles. The smallest absolute Gasteiger partial charge is 0.308 e. The highest BCUT2D eigenvalue weighted by Crippen LogP contribution is 2.75. The monoisotopic (exact) mass is 278 g/mol. The van der Waals surface area contributed by atoms with Crippen LogP contribution in [0.15, 0.2) is 0 Å². The fourth-order valence-electron chi connectivity index (χ4n) is 5.76. The van der Waals surface area contributed by atoms with Gasteiger partial charge in [-0.05, 0) is 62.7 Å². The first kappa shape index (κ1) is 14.4. The molecule has 0 radical (unpaired) electrons. The molecule has 0 heterocycles. The molecule has 114 valence electrons. The molecule has 0 amide bonds. The van der Waals surface area contributed by atoms with E-state index in [1.807, 2.05) is 13.8 Å². The van der Waals surface area contributed by atoms with Gasteiger partial charge in [-0.2, -0.15) is 0 Å². The van der Waals surface area contributed by atoms with Crippen LogP contribution >= 0.6 is 0 Å². The minimum absolute atomic E-state index is 0.0127. The summed E-state index contributed by atoms with van der Waals surface area (Å²) in [6.45, 7) is 10.7. The largest absolute Gasteiger partial charge is 0.459 e. The van der Waals surface area contributed by atoms with Crippen LogP contribution in [0.1, 0.15) is 66.7 Å². The van der Waals surface area contributed by atoms with E-state index >= 15 is 0 Å². The van der Waals surface area contributed by atoms with Crippen molar-refractivity contribution in [2.24, 2.45) is 35.0 Å². The Kier molecular flexibility index (Phi) is 3.23. The molecule has 0 bridgehead atoms. The zero-order chi connectivity index (χ0) is 14.7. The number of esters is 1. The zero-order valence-electron chi connectivity index (χ0n) is 13.7. The Bertz CT molecular complexity index is 416. The van der Waals surface area contributed by atoms with Crippen molar-refractivity contribution in [1.29, 1.82) is 0 Å². The van der Waals surface area contributed by atoms with Crippen LogP contribution in [0.25, 0.3) is 0 Å². The molecular weight excluding hydrogens is 248 g/mol. The van der Waals surface area contributed by atoms with E-state index in [9.17, 15) is 4.79 Å². The van der Waals surface area contributed by atoms with Gasteiger partial charge in [0.05, 0.1) is 5.92 Å². The predicted octanol–water partition coefficient (Wildman–Crippen LogP) is 4.43. The number of carbonyl (C=O) groups is 1. The van der Waals surface area contributed by atoms with Gasteiger partial charge in [0.1, 0.15) is 5.60 Å². The van der Waals surface area contributed by atoms with Crippen molar-refractivity contribution in [3.8, 4) is 0 Å². The van der Waals surface area contributed by atoms with Crippen LogP contribution in [0.5, 0.6) is 0 Å². The predicted molar refractivity (Wildman–Crippen MR) is 80.2 cm³/mol. The van der Waals surface area contributed by atoms with Gasteiger partial charge in [-0.25, -0.2) is 0 Å². The van der Waals surface area contributed by atoms with E-state index in [2.05, 4.69) is 20.8 Å². The van der Waals surface area contributed by atoms with Gasteiger partial charge in [-0.3, -0.25) is 4.79 Å². The average molecular weight is 278 g/mol. The molecule has 0 aromatic carbocycles. The number of ether oxygens (including phenoxy) is 1. The SMILES string of the molecule is CCC(C)(OC(=O)C(C)C)C12CC(C)CC3CC(C1)C32. The number of hydrogen-bond acceptors (Lipinski definition) is 2. The molecule has 6 unspecified atom stereocenters. The average Bonchev–Trinajstić information content (AvgIpc) is 2.32. The molecule has 3 aliphatic rings. The lowest BCUT2D eigenvalue weighted by Crippen LogP contribution is -2.71. The van der Waals surface area contributed by atoms with Gasteiger partial charge in [-0.1, -0.05) is 27.7 Å². The van der Waals surface area contributed by atoms with Crippen molar-refractivity contribution in [1.82, 2.24) is 0 Å². The Morgan fingerprint density at radius 3 is 2.55 bits per heavy atom. The summed E-state index contributed by atoms with van der Waals surface area (Å²) in [7, 11) is 0. The number of carbonyl (C=O) groups excluding carboxylic acids is 1. The first-order chi connectivity index (χ1) is 9.33. The fraction of sp³-hybridized carbons (Fsp3) is 0.944. The molecule has 2 nitrogen and oxygen atoms in total. The van der Waals surface area contributed by atoms with Crippen LogP contribution in [0.4, 0.5) is 0 Å². The summed E-state index contributed by atoms with van der Waals surface area (Å²) in [5.74, 6) is 3.47. The third kappa shape index (κ3) is 1.72. The first-order valence-electron chi connectivity index (χ1n) is 8.56. The van der Waals surface area contributed by atoms with Gasteiger partial charge in [0, 0.05) is 5.41 Å². The summed E-state index contributed by atoms with van der Waals surface area (Å²) in [5, 5.41) is 0. The highest BCUT2D eigenvalue weighted by Gasteiger charge is 2.71. The summed E-state index contributed by atoms with van der Waals surface area (Å²) in [6, 6.07) is 0. The molecule has 2 heteroatoms. The van der Waals surface area contributed by atoms with Crippen LogP contribution in [0, 0.1) is 35.0 Å². The highest BCUT2D eigenvalue weighted by molar-refractivity contribution is 5.72. The van der Waals surface area contributed by atoms with Crippen molar-refractivity contribution >= 4 is 5.97 Å². The van der Waals surface area contributed by atoms with Gasteiger partial charge < -0.3 is 4.74 Å². The van der Waals surface area contributed by atoms with E-state index < -0.39 is 0 Å². The second-order valence-electron chi connectivity index (χ2n) is 8.35. The van der Waals surface area contributed by atoms with Crippen LogP contribution in [0.2, 0.25) is 0 Å². The second kappa shape index (κ2) is 4.48. The fourth-order valence-corrected chi connectivity index (χ4v) is 5.76.